The van der Waals surface area contributed by atoms with E-state index < -0.39 is 16.1 Å². The first-order valence-corrected chi connectivity index (χ1v) is 11.1. The molecule has 0 saturated carbocycles. The lowest BCUT2D eigenvalue weighted by Gasteiger charge is -2.29. The Morgan fingerprint density at radius 1 is 1.17 bits per heavy atom. The van der Waals surface area contributed by atoms with E-state index in [9.17, 15) is 13.2 Å². The summed E-state index contributed by atoms with van der Waals surface area (Å²) in [4.78, 5) is 14.2. The molecule has 1 atom stereocenters. The minimum Gasteiger partial charge on any atom is -0.481 e. The van der Waals surface area contributed by atoms with Gasteiger partial charge in [0.15, 0.2) is 6.10 Å². The second-order valence-corrected chi connectivity index (χ2v) is 8.78. The van der Waals surface area contributed by atoms with Gasteiger partial charge in [-0.3, -0.25) is 9.52 Å². The molecule has 0 aliphatic carbocycles. The lowest BCUT2D eigenvalue weighted by Crippen LogP contribution is -2.46. The molecule has 0 spiro atoms. The zero-order chi connectivity index (χ0) is 21.0. The highest BCUT2D eigenvalue weighted by Gasteiger charge is 2.24. The van der Waals surface area contributed by atoms with E-state index in [2.05, 4.69) is 4.72 Å². The molecule has 2 aromatic rings. The predicted octanol–water partition coefficient (Wildman–Crippen LogP) is 3.08. The van der Waals surface area contributed by atoms with Crippen molar-refractivity contribution in [1.82, 2.24) is 4.90 Å². The van der Waals surface area contributed by atoms with Crippen molar-refractivity contribution in [2.45, 2.75) is 24.8 Å². The number of sulfonamides is 1. The summed E-state index contributed by atoms with van der Waals surface area (Å²) in [5, 5.41) is 0.480. The first-order chi connectivity index (χ1) is 13.8. The van der Waals surface area contributed by atoms with Crippen LogP contribution < -0.4 is 9.46 Å². The van der Waals surface area contributed by atoms with Crippen LogP contribution in [-0.4, -0.2) is 51.6 Å². The van der Waals surface area contributed by atoms with E-state index >= 15 is 0 Å². The Kier molecular flexibility index (Phi) is 6.66. The van der Waals surface area contributed by atoms with Gasteiger partial charge in [-0.05, 0) is 55.8 Å². The molecule has 2 aromatic carbocycles. The van der Waals surface area contributed by atoms with E-state index in [1.165, 1.54) is 24.3 Å². The molecular formula is C20H23ClN2O5S. The van der Waals surface area contributed by atoms with E-state index in [0.717, 1.165) is 0 Å². The number of ether oxygens (including phenoxy) is 2. The molecule has 1 aliphatic heterocycles. The number of rotatable bonds is 6. The molecule has 1 heterocycles. The fourth-order valence-corrected chi connectivity index (χ4v) is 4.21. The third kappa shape index (κ3) is 5.20. The van der Waals surface area contributed by atoms with Crippen molar-refractivity contribution >= 4 is 33.2 Å². The number of benzene rings is 2. The first-order valence-electron chi connectivity index (χ1n) is 9.19. The monoisotopic (exact) mass is 438 g/mol. The van der Waals surface area contributed by atoms with Gasteiger partial charge in [-0.25, -0.2) is 8.42 Å². The molecule has 1 saturated heterocycles. The highest BCUT2D eigenvalue weighted by atomic mass is 35.5. The lowest BCUT2D eigenvalue weighted by atomic mass is 10.2. The summed E-state index contributed by atoms with van der Waals surface area (Å²) in [7, 11) is -3.78. The Labute approximate surface area is 175 Å². The van der Waals surface area contributed by atoms with Crippen LogP contribution in [0.3, 0.4) is 0 Å². The second kappa shape index (κ2) is 9.02. The van der Waals surface area contributed by atoms with Crippen LogP contribution in [-0.2, 0) is 19.6 Å². The van der Waals surface area contributed by atoms with Crippen molar-refractivity contribution in [3.63, 3.8) is 0 Å². The number of carbonyl (C=O) groups excluding carboxylic acids is 1. The van der Waals surface area contributed by atoms with Crippen LogP contribution in [0.4, 0.5) is 5.69 Å². The van der Waals surface area contributed by atoms with Gasteiger partial charge >= 0.3 is 0 Å². The zero-order valence-corrected chi connectivity index (χ0v) is 17.8. The maximum Gasteiger partial charge on any atom is 0.263 e. The van der Waals surface area contributed by atoms with Gasteiger partial charge in [-0.1, -0.05) is 17.7 Å². The molecule has 0 unspecified atom stereocenters. The second-order valence-electron chi connectivity index (χ2n) is 6.69. The quantitative estimate of drug-likeness (QED) is 0.749. The van der Waals surface area contributed by atoms with Crippen molar-refractivity contribution in [2.24, 2.45) is 0 Å². The number of morpholine rings is 1. The van der Waals surface area contributed by atoms with Crippen LogP contribution >= 0.6 is 11.6 Å². The SMILES string of the molecule is Cc1c(Cl)cccc1NS(=O)(=O)c1ccc(O[C@H](C)C(=O)N2CCOCC2)cc1. The Morgan fingerprint density at radius 3 is 2.48 bits per heavy atom. The summed E-state index contributed by atoms with van der Waals surface area (Å²) in [5.41, 5.74) is 1.07. The summed E-state index contributed by atoms with van der Waals surface area (Å²) in [6, 6.07) is 10.9. The third-order valence-corrected chi connectivity index (χ3v) is 6.42. The lowest BCUT2D eigenvalue weighted by molar-refractivity contribution is -0.142. The van der Waals surface area contributed by atoms with Crippen LogP contribution in [0.15, 0.2) is 47.4 Å². The Bertz CT molecular complexity index is 973. The molecule has 1 amide bonds. The summed E-state index contributed by atoms with van der Waals surface area (Å²) in [6.45, 7) is 5.53. The molecule has 1 fully saturated rings. The van der Waals surface area contributed by atoms with Crippen LogP contribution in [0, 0.1) is 6.92 Å². The van der Waals surface area contributed by atoms with Gasteiger partial charge in [-0.2, -0.15) is 0 Å². The maximum atomic E-state index is 12.6. The molecular weight excluding hydrogens is 416 g/mol. The van der Waals surface area contributed by atoms with E-state index in [-0.39, 0.29) is 10.8 Å². The zero-order valence-electron chi connectivity index (χ0n) is 16.2. The van der Waals surface area contributed by atoms with Crippen LogP contribution in [0.2, 0.25) is 5.02 Å². The fourth-order valence-electron chi connectivity index (χ4n) is 2.91. The van der Waals surface area contributed by atoms with Gasteiger partial charge in [0.25, 0.3) is 15.9 Å². The van der Waals surface area contributed by atoms with E-state index in [1.54, 1.807) is 36.9 Å². The number of anilines is 1. The number of halogens is 1. The van der Waals surface area contributed by atoms with E-state index in [1.807, 2.05) is 0 Å². The van der Waals surface area contributed by atoms with Gasteiger partial charge in [0.1, 0.15) is 5.75 Å². The molecule has 0 bridgehead atoms. The topological polar surface area (TPSA) is 84.9 Å². The predicted molar refractivity (Wildman–Crippen MR) is 111 cm³/mol. The average Bonchev–Trinajstić information content (AvgIpc) is 2.72. The highest BCUT2D eigenvalue weighted by molar-refractivity contribution is 7.92. The number of amides is 1. The molecule has 0 aromatic heterocycles. The van der Waals surface area contributed by atoms with Crippen molar-refractivity contribution < 1.29 is 22.7 Å². The first kappa shape index (κ1) is 21.4. The van der Waals surface area contributed by atoms with Gasteiger partial charge < -0.3 is 14.4 Å². The smallest absolute Gasteiger partial charge is 0.263 e. The molecule has 1 N–H and O–H groups in total. The Hall–Kier alpha value is -2.29. The summed E-state index contributed by atoms with van der Waals surface area (Å²) in [5.74, 6) is 0.292. The molecule has 0 radical (unpaired) electrons. The number of hydrogen-bond acceptors (Lipinski definition) is 5. The van der Waals surface area contributed by atoms with E-state index in [0.29, 0.717) is 48.3 Å². The minimum absolute atomic E-state index is 0.0800. The largest absolute Gasteiger partial charge is 0.481 e. The summed E-state index contributed by atoms with van der Waals surface area (Å²) < 4.78 is 38.8. The van der Waals surface area contributed by atoms with Crippen molar-refractivity contribution in [3.05, 3.63) is 53.1 Å². The third-order valence-electron chi connectivity index (χ3n) is 4.63. The summed E-state index contributed by atoms with van der Waals surface area (Å²) in [6.07, 6.45) is -0.678. The van der Waals surface area contributed by atoms with Crippen molar-refractivity contribution in [2.75, 3.05) is 31.0 Å². The number of hydrogen-bond donors (Lipinski definition) is 1. The van der Waals surface area contributed by atoms with Crippen molar-refractivity contribution in [3.8, 4) is 5.75 Å². The summed E-state index contributed by atoms with van der Waals surface area (Å²) >= 11 is 6.05. The van der Waals surface area contributed by atoms with Gasteiger partial charge in [0.05, 0.1) is 23.8 Å². The highest BCUT2D eigenvalue weighted by Crippen LogP contribution is 2.26. The Morgan fingerprint density at radius 2 is 1.83 bits per heavy atom. The molecule has 9 heteroatoms. The number of nitrogens with one attached hydrogen (secondary N) is 1. The fraction of sp³-hybridized carbons (Fsp3) is 0.350. The Balaban J connectivity index is 1.67. The van der Waals surface area contributed by atoms with Gasteiger partial charge in [0.2, 0.25) is 0 Å². The van der Waals surface area contributed by atoms with E-state index in [4.69, 9.17) is 21.1 Å². The molecule has 1 aliphatic rings. The average molecular weight is 439 g/mol. The minimum atomic E-state index is -3.78. The standard InChI is InChI=1S/C20H23ClN2O5S/c1-14-18(21)4-3-5-19(14)22-29(25,26)17-8-6-16(7-9-17)28-15(2)20(24)23-10-12-27-13-11-23/h3-9,15,22H,10-13H2,1-2H3/t15-/m1/s1. The van der Waals surface area contributed by atoms with Gasteiger partial charge in [0, 0.05) is 18.1 Å². The van der Waals surface area contributed by atoms with Crippen molar-refractivity contribution in [1.29, 1.82) is 0 Å². The number of nitrogens with zero attached hydrogens (tertiary/aromatic N) is 1. The van der Waals surface area contributed by atoms with Crippen LogP contribution in [0.1, 0.15) is 12.5 Å². The van der Waals surface area contributed by atoms with Crippen LogP contribution in [0.5, 0.6) is 5.75 Å². The molecule has 156 valence electrons. The molecule has 3 rings (SSSR count). The van der Waals surface area contributed by atoms with Crippen LogP contribution in [0.25, 0.3) is 0 Å². The van der Waals surface area contributed by atoms with Gasteiger partial charge in [-0.15, -0.1) is 0 Å². The molecule has 7 nitrogen and oxygen atoms in total. The molecule has 29 heavy (non-hydrogen) atoms. The maximum absolute atomic E-state index is 12.6. The number of carbonyl (C=O) groups is 1. The normalized spacial score (nSPS) is 15.6.